The van der Waals surface area contributed by atoms with Crippen LogP contribution in [-0.2, 0) is 4.79 Å². The summed E-state index contributed by atoms with van der Waals surface area (Å²) in [4.78, 5) is 25.4. The molecular weight excluding hydrogens is 294 g/mol. The quantitative estimate of drug-likeness (QED) is 0.882. The molecule has 0 radical (unpaired) electrons. The molecule has 8 heteroatoms. The lowest BCUT2D eigenvalue weighted by Gasteiger charge is -2.31. The zero-order valence-corrected chi connectivity index (χ0v) is 13.1. The fraction of sp³-hybridized carbons (Fsp3) is 0.692. The van der Waals surface area contributed by atoms with E-state index >= 15 is 0 Å². The number of carbonyl (C=O) groups is 1. The average molecular weight is 314 g/mol. The van der Waals surface area contributed by atoms with Crippen molar-refractivity contribution in [1.82, 2.24) is 20.3 Å². The molecule has 0 aliphatic carbocycles. The fourth-order valence-electron chi connectivity index (χ4n) is 2.28. The van der Waals surface area contributed by atoms with Crippen molar-refractivity contribution < 1.29 is 9.53 Å². The first-order valence-corrected chi connectivity index (χ1v) is 7.50. The molecule has 0 bridgehead atoms. The van der Waals surface area contributed by atoms with E-state index < -0.39 is 0 Å². The zero-order chi connectivity index (χ0) is 15.2. The van der Waals surface area contributed by atoms with Gasteiger partial charge in [-0.05, 0) is 37.3 Å². The number of piperidine rings is 1. The van der Waals surface area contributed by atoms with Gasteiger partial charge < -0.3 is 15.0 Å². The van der Waals surface area contributed by atoms with E-state index in [4.69, 9.17) is 16.3 Å². The van der Waals surface area contributed by atoms with Gasteiger partial charge in [0.1, 0.15) is 0 Å². The van der Waals surface area contributed by atoms with Crippen LogP contribution in [0.3, 0.4) is 0 Å². The molecule has 1 amide bonds. The summed E-state index contributed by atoms with van der Waals surface area (Å²) in [6, 6.07) is 0.257. The Morgan fingerprint density at radius 3 is 2.71 bits per heavy atom. The third-order valence-corrected chi connectivity index (χ3v) is 3.56. The Hall–Kier alpha value is -1.63. The van der Waals surface area contributed by atoms with E-state index in [1.165, 1.54) is 6.92 Å². The lowest BCUT2D eigenvalue weighted by Crippen LogP contribution is -2.39. The van der Waals surface area contributed by atoms with Crippen molar-refractivity contribution in [3.63, 3.8) is 0 Å². The molecular formula is C13H20ClN5O2. The number of rotatable bonds is 5. The molecule has 2 heterocycles. The van der Waals surface area contributed by atoms with Crippen molar-refractivity contribution in [3.05, 3.63) is 5.28 Å². The second kappa shape index (κ2) is 7.40. The van der Waals surface area contributed by atoms with Crippen LogP contribution in [0, 0.1) is 5.92 Å². The summed E-state index contributed by atoms with van der Waals surface area (Å²) in [5.74, 6) is 1.06. The Kier molecular flexibility index (Phi) is 5.55. The van der Waals surface area contributed by atoms with Crippen LogP contribution in [-0.4, -0.2) is 47.1 Å². The van der Waals surface area contributed by atoms with Crippen LogP contribution in [0.2, 0.25) is 5.28 Å². The van der Waals surface area contributed by atoms with Gasteiger partial charge in [-0.25, -0.2) is 0 Å². The molecule has 116 valence electrons. The Balaban J connectivity index is 1.94. The van der Waals surface area contributed by atoms with Crippen molar-refractivity contribution in [2.24, 2.45) is 5.92 Å². The van der Waals surface area contributed by atoms with E-state index in [0.29, 0.717) is 18.5 Å². The van der Waals surface area contributed by atoms with Gasteiger partial charge in [0.15, 0.2) is 0 Å². The first kappa shape index (κ1) is 15.8. The number of carbonyl (C=O) groups excluding carboxylic acids is 1. The molecule has 0 unspecified atom stereocenters. The van der Waals surface area contributed by atoms with Crippen molar-refractivity contribution in [2.75, 3.05) is 31.1 Å². The van der Waals surface area contributed by atoms with Gasteiger partial charge in [0.05, 0.1) is 6.61 Å². The summed E-state index contributed by atoms with van der Waals surface area (Å²) in [6.45, 7) is 6.28. The Bertz CT molecular complexity index is 491. The predicted octanol–water partition coefficient (Wildman–Crippen LogP) is 1.28. The molecule has 0 saturated carbocycles. The Labute approximate surface area is 129 Å². The molecule has 21 heavy (non-hydrogen) atoms. The van der Waals surface area contributed by atoms with Crippen LogP contribution >= 0.6 is 11.6 Å². The molecule has 1 aromatic heterocycles. The van der Waals surface area contributed by atoms with E-state index in [1.807, 2.05) is 6.92 Å². The van der Waals surface area contributed by atoms with Crippen LogP contribution in [0.5, 0.6) is 6.01 Å². The summed E-state index contributed by atoms with van der Waals surface area (Å²) in [5, 5.41) is 3.01. The maximum atomic E-state index is 10.9. The Morgan fingerprint density at radius 2 is 2.10 bits per heavy atom. The van der Waals surface area contributed by atoms with Crippen molar-refractivity contribution in [2.45, 2.75) is 26.7 Å². The number of halogens is 1. The van der Waals surface area contributed by atoms with E-state index in [-0.39, 0.29) is 17.2 Å². The van der Waals surface area contributed by atoms with Gasteiger partial charge in [-0.3, -0.25) is 4.79 Å². The third kappa shape index (κ3) is 4.70. The molecule has 1 saturated heterocycles. The molecule has 0 atom stereocenters. The standard InChI is InChI=1S/C13H20ClN5O2/c1-3-21-13-17-11(14)16-12(18-13)19-6-4-10(5-7-19)8-15-9(2)20/h10H,3-8H2,1-2H3,(H,15,20). The molecule has 1 aliphatic rings. The molecule has 1 aromatic rings. The number of aromatic nitrogens is 3. The molecule has 1 fully saturated rings. The minimum Gasteiger partial charge on any atom is -0.464 e. The second-order valence-electron chi connectivity index (χ2n) is 4.99. The molecule has 0 aromatic carbocycles. The van der Waals surface area contributed by atoms with Crippen LogP contribution in [0.1, 0.15) is 26.7 Å². The topological polar surface area (TPSA) is 80.2 Å². The highest BCUT2D eigenvalue weighted by Gasteiger charge is 2.22. The van der Waals surface area contributed by atoms with Gasteiger partial charge in [-0.1, -0.05) is 0 Å². The SMILES string of the molecule is CCOc1nc(Cl)nc(N2CCC(CNC(C)=O)CC2)n1. The summed E-state index contributed by atoms with van der Waals surface area (Å²) < 4.78 is 5.28. The maximum Gasteiger partial charge on any atom is 0.322 e. The number of hydrogen-bond acceptors (Lipinski definition) is 6. The number of nitrogens with zero attached hydrogens (tertiary/aromatic N) is 4. The van der Waals surface area contributed by atoms with Gasteiger partial charge >= 0.3 is 6.01 Å². The van der Waals surface area contributed by atoms with Crippen molar-refractivity contribution in [1.29, 1.82) is 0 Å². The van der Waals surface area contributed by atoms with Gasteiger partial charge in [0.2, 0.25) is 17.1 Å². The van der Waals surface area contributed by atoms with Gasteiger partial charge in [-0.15, -0.1) is 0 Å². The van der Waals surface area contributed by atoms with Crippen LogP contribution in [0.25, 0.3) is 0 Å². The first-order valence-electron chi connectivity index (χ1n) is 7.12. The molecule has 2 rings (SSSR count). The van der Waals surface area contributed by atoms with Crippen LogP contribution in [0.4, 0.5) is 5.95 Å². The van der Waals surface area contributed by atoms with Gasteiger partial charge in [0.25, 0.3) is 0 Å². The number of anilines is 1. The fourth-order valence-corrected chi connectivity index (χ4v) is 2.43. The minimum atomic E-state index is 0.0167. The summed E-state index contributed by atoms with van der Waals surface area (Å²) in [6.07, 6.45) is 1.96. The highest BCUT2D eigenvalue weighted by molar-refractivity contribution is 6.28. The summed E-state index contributed by atoms with van der Waals surface area (Å²) >= 11 is 5.90. The number of hydrogen-bond donors (Lipinski definition) is 1. The highest BCUT2D eigenvalue weighted by Crippen LogP contribution is 2.22. The van der Waals surface area contributed by atoms with Crippen LogP contribution < -0.4 is 15.0 Å². The minimum absolute atomic E-state index is 0.0167. The largest absolute Gasteiger partial charge is 0.464 e. The lowest BCUT2D eigenvalue weighted by molar-refractivity contribution is -0.119. The van der Waals surface area contributed by atoms with E-state index in [2.05, 4.69) is 25.2 Å². The smallest absolute Gasteiger partial charge is 0.322 e. The summed E-state index contributed by atoms with van der Waals surface area (Å²) in [5.41, 5.74) is 0. The average Bonchev–Trinajstić information content (AvgIpc) is 2.45. The Morgan fingerprint density at radius 1 is 1.38 bits per heavy atom. The number of amides is 1. The monoisotopic (exact) mass is 313 g/mol. The van der Waals surface area contributed by atoms with Crippen molar-refractivity contribution >= 4 is 23.5 Å². The normalized spacial score (nSPS) is 15.9. The second-order valence-corrected chi connectivity index (χ2v) is 5.33. The summed E-state index contributed by atoms with van der Waals surface area (Å²) in [7, 11) is 0. The predicted molar refractivity (Wildman–Crippen MR) is 79.6 cm³/mol. The molecule has 1 N–H and O–H groups in total. The van der Waals surface area contributed by atoms with E-state index in [9.17, 15) is 4.79 Å². The first-order chi connectivity index (χ1) is 10.1. The van der Waals surface area contributed by atoms with Gasteiger partial charge in [-0.2, -0.15) is 15.0 Å². The van der Waals surface area contributed by atoms with E-state index in [0.717, 1.165) is 32.5 Å². The molecule has 1 aliphatic heterocycles. The zero-order valence-electron chi connectivity index (χ0n) is 12.3. The highest BCUT2D eigenvalue weighted by atomic mass is 35.5. The maximum absolute atomic E-state index is 10.9. The molecule has 7 nitrogen and oxygen atoms in total. The number of nitrogens with one attached hydrogen (secondary N) is 1. The van der Waals surface area contributed by atoms with Crippen LogP contribution in [0.15, 0.2) is 0 Å². The van der Waals surface area contributed by atoms with E-state index in [1.54, 1.807) is 0 Å². The third-order valence-electron chi connectivity index (χ3n) is 3.39. The molecule has 0 spiro atoms. The van der Waals surface area contributed by atoms with Gasteiger partial charge in [0, 0.05) is 26.6 Å². The van der Waals surface area contributed by atoms with Crippen molar-refractivity contribution in [3.8, 4) is 6.01 Å². The lowest BCUT2D eigenvalue weighted by atomic mass is 9.97. The number of ether oxygens (including phenoxy) is 1.